The van der Waals surface area contributed by atoms with Crippen molar-refractivity contribution in [3.63, 3.8) is 0 Å². The molecular formula is C45H27N3O2. The number of nitrogens with zero attached hydrogens (tertiary/aromatic N) is 3. The number of aromatic nitrogens is 3. The molecule has 0 radical (unpaired) electrons. The van der Waals surface area contributed by atoms with Gasteiger partial charge in [-0.25, -0.2) is 15.0 Å². The molecule has 0 N–H and O–H groups in total. The summed E-state index contributed by atoms with van der Waals surface area (Å²) in [5.74, 6) is 1.87. The zero-order chi connectivity index (χ0) is 33.0. The number of benzene rings is 7. The van der Waals surface area contributed by atoms with Crippen molar-refractivity contribution in [3.8, 4) is 56.4 Å². The molecule has 0 aliphatic carbocycles. The van der Waals surface area contributed by atoms with Crippen molar-refractivity contribution < 1.29 is 8.83 Å². The Morgan fingerprint density at radius 1 is 0.280 bits per heavy atom. The molecule has 10 aromatic rings. The highest BCUT2D eigenvalue weighted by molar-refractivity contribution is 6.15. The topological polar surface area (TPSA) is 65.0 Å². The molecule has 0 aliphatic rings. The van der Waals surface area contributed by atoms with Crippen LogP contribution in [0.2, 0.25) is 0 Å². The molecule has 3 heterocycles. The molecule has 234 valence electrons. The van der Waals surface area contributed by atoms with Crippen molar-refractivity contribution >= 4 is 43.9 Å². The van der Waals surface area contributed by atoms with Gasteiger partial charge in [0.25, 0.3) is 0 Å². The maximum atomic E-state index is 6.31. The van der Waals surface area contributed by atoms with E-state index in [1.54, 1.807) is 0 Å². The van der Waals surface area contributed by atoms with Gasteiger partial charge in [0.05, 0.1) is 0 Å². The van der Waals surface area contributed by atoms with Gasteiger partial charge >= 0.3 is 0 Å². The molecule has 5 nitrogen and oxygen atoms in total. The normalized spacial score (nSPS) is 11.6. The summed E-state index contributed by atoms with van der Waals surface area (Å²) in [6, 6.07) is 55.8. The zero-order valence-corrected chi connectivity index (χ0v) is 26.7. The lowest BCUT2D eigenvalue weighted by molar-refractivity contribution is 0.656. The van der Waals surface area contributed by atoms with Crippen LogP contribution in [0.3, 0.4) is 0 Å². The molecule has 0 amide bonds. The van der Waals surface area contributed by atoms with Crippen LogP contribution < -0.4 is 0 Å². The van der Waals surface area contributed by atoms with Crippen LogP contribution in [0.5, 0.6) is 0 Å². The molecule has 0 fully saturated rings. The van der Waals surface area contributed by atoms with Gasteiger partial charge in [0, 0.05) is 44.3 Å². The van der Waals surface area contributed by atoms with Gasteiger partial charge in [0.15, 0.2) is 17.5 Å². The molecule has 5 heteroatoms. The maximum Gasteiger partial charge on any atom is 0.164 e. The average Bonchev–Trinajstić information content (AvgIpc) is 3.74. The minimum absolute atomic E-state index is 0.614. The molecule has 0 spiro atoms. The quantitative estimate of drug-likeness (QED) is 0.187. The largest absolute Gasteiger partial charge is 0.456 e. The van der Waals surface area contributed by atoms with E-state index in [0.29, 0.717) is 17.5 Å². The third-order valence-corrected chi connectivity index (χ3v) is 9.34. The van der Waals surface area contributed by atoms with E-state index in [-0.39, 0.29) is 0 Å². The molecule has 7 aromatic carbocycles. The summed E-state index contributed by atoms with van der Waals surface area (Å²) >= 11 is 0. The second-order valence-corrected chi connectivity index (χ2v) is 12.4. The summed E-state index contributed by atoms with van der Waals surface area (Å²) < 4.78 is 12.4. The third-order valence-electron chi connectivity index (χ3n) is 9.34. The van der Waals surface area contributed by atoms with Gasteiger partial charge in [-0.15, -0.1) is 0 Å². The molecule has 0 unspecified atom stereocenters. The summed E-state index contributed by atoms with van der Waals surface area (Å²) in [6.45, 7) is 0. The number of hydrogen-bond donors (Lipinski definition) is 0. The van der Waals surface area contributed by atoms with Gasteiger partial charge in [-0.1, -0.05) is 127 Å². The predicted octanol–water partition coefficient (Wildman–Crippen LogP) is 12.0. The SMILES string of the molecule is c1ccc(-c2nc(-c3cccc(-c4ccc5oc6cc7oc8ccccc8c7cc6c5c4)c3)nc(-c3ccccc3-c3ccccc3)n2)cc1. The average molecular weight is 642 g/mol. The molecular weight excluding hydrogens is 615 g/mol. The molecule has 0 atom stereocenters. The molecule has 0 aliphatic heterocycles. The highest BCUT2D eigenvalue weighted by atomic mass is 16.3. The first-order valence-corrected chi connectivity index (χ1v) is 16.6. The first-order valence-electron chi connectivity index (χ1n) is 16.6. The zero-order valence-electron chi connectivity index (χ0n) is 26.7. The Kier molecular flexibility index (Phi) is 6.42. The summed E-state index contributed by atoms with van der Waals surface area (Å²) in [7, 11) is 0. The fourth-order valence-electron chi connectivity index (χ4n) is 6.90. The first kappa shape index (κ1) is 28.2. The van der Waals surface area contributed by atoms with Gasteiger partial charge in [-0.05, 0) is 52.6 Å². The van der Waals surface area contributed by atoms with Gasteiger partial charge in [0.1, 0.15) is 22.3 Å². The van der Waals surface area contributed by atoms with Gasteiger partial charge in [0.2, 0.25) is 0 Å². The lowest BCUT2D eigenvalue weighted by Crippen LogP contribution is -2.01. The van der Waals surface area contributed by atoms with Crippen LogP contribution in [0.15, 0.2) is 173 Å². The lowest BCUT2D eigenvalue weighted by atomic mass is 9.99. The van der Waals surface area contributed by atoms with Gasteiger partial charge < -0.3 is 8.83 Å². The molecule has 0 bridgehead atoms. The number of hydrogen-bond acceptors (Lipinski definition) is 5. The van der Waals surface area contributed by atoms with Crippen LogP contribution in [0.4, 0.5) is 0 Å². The Balaban J connectivity index is 1.11. The Labute approximate surface area is 287 Å². The Bertz CT molecular complexity index is 2870. The number of fused-ring (bicyclic) bond motifs is 6. The Morgan fingerprint density at radius 2 is 0.820 bits per heavy atom. The van der Waals surface area contributed by atoms with Crippen LogP contribution >= 0.6 is 0 Å². The minimum Gasteiger partial charge on any atom is -0.456 e. The second-order valence-electron chi connectivity index (χ2n) is 12.4. The molecule has 3 aromatic heterocycles. The predicted molar refractivity (Wildman–Crippen MR) is 202 cm³/mol. The van der Waals surface area contributed by atoms with E-state index in [1.807, 2.05) is 72.8 Å². The van der Waals surface area contributed by atoms with Crippen molar-refractivity contribution in [1.82, 2.24) is 15.0 Å². The lowest BCUT2D eigenvalue weighted by Gasteiger charge is -2.12. The second kappa shape index (κ2) is 11.4. The maximum absolute atomic E-state index is 6.31. The first-order chi connectivity index (χ1) is 24.7. The molecule has 0 saturated heterocycles. The minimum atomic E-state index is 0.614. The number of para-hydroxylation sites is 1. The van der Waals surface area contributed by atoms with E-state index in [2.05, 4.69) is 91.0 Å². The summed E-state index contributed by atoms with van der Waals surface area (Å²) in [5, 5.41) is 4.29. The van der Waals surface area contributed by atoms with E-state index in [9.17, 15) is 0 Å². The smallest absolute Gasteiger partial charge is 0.164 e. The van der Waals surface area contributed by atoms with Crippen molar-refractivity contribution in [2.45, 2.75) is 0 Å². The van der Waals surface area contributed by atoms with Crippen LogP contribution in [0.25, 0.3) is 100 Å². The van der Waals surface area contributed by atoms with Gasteiger partial charge in [-0.3, -0.25) is 0 Å². The van der Waals surface area contributed by atoms with Crippen LogP contribution in [0.1, 0.15) is 0 Å². The Hall–Kier alpha value is -6.85. The summed E-state index contributed by atoms with van der Waals surface area (Å²) in [5.41, 5.74) is 10.4. The monoisotopic (exact) mass is 641 g/mol. The Morgan fingerprint density at radius 3 is 1.62 bits per heavy atom. The fraction of sp³-hybridized carbons (Fsp3) is 0. The standard InChI is InChI=1S/C45H27N3O2/c1-3-12-28(13-4-1)33-18-7-8-20-35(33)45-47-43(29-14-5-2-6-15-29)46-44(48-45)32-17-11-16-30(24-32)31-22-23-40-36(25-31)38-26-37-34-19-9-10-21-39(34)49-41(37)27-42(38)50-40/h1-27H. The molecule has 50 heavy (non-hydrogen) atoms. The van der Waals surface area contributed by atoms with E-state index in [1.165, 1.54) is 0 Å². The van der Waals surface area contributed by atoms with E-state index < -0.39 is 0 Å². The van der Waals surface area contributed by atoms with E-state index in [4.69, 9.17) is 23.8 Å². The third kappa shape index (κ3) is 4.75. The van der Waals surface area contributed by atoms with Crippen molar-refractivity contribution in [2.24, 2.45) is 0 Å². The van der Waals surface area contributed by atoms with E-state index >= 15 is 0 Å². The van der Waals surface area contributed by atoms with Crippen LogP contribution in [0, 0.1) is 0 Å². The number of rotatable bonds is 5. The van der Waals surface area contributed by atoms with Crippen LogP contribution in [-0.4, -0.2) is 15.0 Å². The van der Waals surface area contributed by atoms with Gasteiger partial charge in [-0.2, -0.15) is 0 Å². The highest BCUT2D eigenvalue weighted by Crippen LogP contribution is 2.39. The molecule has 10 rings (SSSR count). The summed E-state index contributed by atoms with van der Waals surface area (Å²) in [6.07, 6.45) is 0. The fourth-order valence-corrected chi connectivity index (χ4v) is 6.90. The van der Waals surface area contributed by atoms with Crippen molar-refractivity contribution in [2.75, 3.05) is 0 Å². The van der Waals surface area contributed by atoms with Crippen molar-refractivity contribution in [1.29, 1.82) is 0 Å². The summed E-state index contributed by atoms with van der Waals surface area (Å²) in [4.78, 5) is 15.1. The van der Waals surface area contributed by atoms with Crippen LogP contribution in [-0.2, 0) is 0 Å². The van der Waals surface area contributed by atoms with E-state index in [0.717, 1.165) is 82.8 Å². The molecule has 0 saturated carbocycles. The van der Waals surface area contributed by atoms with Crippen molar-refractivity contribution in [3.05, 3.63) is 164 Å². The highest BCUT2D eigenvalue weighted by Gasteiger charge is 2.17. The number of furan rings is 2.